The SMILES string of the molecule is O=C(COC(=O)C1CC2C=CC1C2)Nc1ncc([N+](=O)[O-])s1. The van der Waals surface area contributed by atoms with E-state index in [1.807, 2.05) is 6.08 Å². The number of amides is 1. The lowest BCUT2D eigenvalue weighted by molar-refractivity contribution is -0.380. The molecule has 3 rings (SSSR count). The second-order valence-electron chi connectivity index (χ2n) is 5.30. The second kappa shape index (κ2) is 5.84. The summed E-state index contributed by atoms with van der Waals surface area (Å²) in [5.74, 6) is -0.411. The highest BCUT2D eigenvalue weighted by Gasteiger charge is 2.40. The molecule has 3 unspecified atom stereocenters. The number of nitrogens with zero attached hydrogens (tertiary/aromatic N) is 2. The summed E-state index contributed by atoms with van der Waals surface area (Å²) in [6, 6.07) is 0. The molecule has 1 amide bonds. The predicted octanol–water partition coefficient (Wildman–Crippen LogP) is 1.75. The first-order valence-electron chi connectivity index (χ1n) is 6.78. The number of hydrogen-bond acceptors (Lipinski definition) is 7. The number of nitrogens with one attached hydrogen (secondary N) is 1. The van der Waals surface area contributed by atoms with Gasteiger partial charge in [-0.05, 0) is 36.0 Å². The summed E-state index contributed by atoms with van der Waals surface area (Å²) in [5, 5.41) is 12.8. The minimum absolute atomic E-state index is 0.107. The zero-order valence-corrected chi connectivity index (χ0v) is 12.2. The Kier molecular flexibility index (Phi) is 3.88. The summed E-state index contributed by atoms with van der Waals surface area (Å²) in [6.07, 6.45) is 6.98. The van der Waals surface area contributed by atoms with Gasteiger partial charge < -0.3 is 4.74 Å². The van der Waals surface area contributed by atoms with Gasteiger partial charge >= 0.3 is 11.0 Å². The van der Waals surface area contributed by atoms with Gasteiger partial charge in [-0.1, -0.05) is 12.2 Å². The Morgan fingerprint density at radius 2 is 2.27 bits per heavy atom. The zero-order chi connectivity index (χ0) is 15.7. The monoisotopic (exact) mass is 323 g/mol. The molecule has 22 heavy (non-hydrogen) atoms. The third kappa shape index (κ3) is 2.98. The van der Waals surface area contributed by atoms with E-state index in [0.717, 1.165) is 30.4 Å². The maximum Gasteiger partial charge on any atom is 0.345 e. The Bertz CT molecular complexity index is 656. The fourth-order valence-electron chi connectivity index (χ4n) is 2.86. The van der Waals surface area contributed by atoms with Crippen molar-refractivity contribution in [3.05, 3.63) is 28.5 Å². The number of aromatic nitrogens is 1. The molecule has 0 radical (unpaired) electrons. The molecule has 1 saturated carbocycles. The van der Waals surface area contributed by atoms with Crippen LogP contribution in [0.1, 0.15) is 12.8 Å². The number of thiazole rings is 1. The summed E-state index contributed by atoms with van der Waals surface area (Å²) in [5.41, 5.74) is 0. The van der Waals surface area contributed by atoms with Gasteiger partial charge in [0.05, 0.1) is 10.8 Å². The molecular formula is C13H13N3O5S. The number of carbonyl (C=O) groups is 2. The Morgan fingerprint density at radius 3 is 2.86 bits per heavy atom. The summed E-state index contributed by atoms with van der Waals surface area (Å²) < 4.78 is 5.02. The van der Waals surface area contributed by atoms with Gasteiger partial charge in [0.2, 0.25) is 0 Å². The smallest absolute Gasteiger partial charge is 0.345 e. The van der Waals surface area contributed by atoms with E-state index in [2.05, 4.69) is 16.4 Å². The van der Waals surface area contributed by atoms with Crippen LogP contribution in [0.2, 0.25) is 0 Å². The first-order chi connectivity index (χ1) is 10.5. The van der Waals surface area contributed by atoms with E-state index < -0.39 is 17.4 Å². The average molecular weight is 323 g/mol. The first-order valence-corrected chi connectivity index (χ1v) is 7.59. The highest BCUT2D eigenvalue weighted by atomic mass is 32.1. The molecule has 0 aromatic carbocycles. The van der Waals surface area contributed by atoms with Gasteiger partial charge in [0.1, 0.15) is 6.20 Å². The molecule has 2 aliphatic carbocycles. The van der Waals surface area contributed by atoms with E-state index in [9.17, 15) is 19.7 Å². The molecule has 9 heteroatoms. The number of carbonyl (C=O) groups excluding carboxylic acids is 2. The van der Waals surface area contributed by atoms with Crippen molar-refractivity contribution < 1.29 is 19.2 Å². The van der Waals surface area contributed by atoms with Gasteiger partial charge in [-0.25, -0.2) is 4.98 Å². The molecule has 0 aliphatic heterocycles. The summed E-state index contributed by atoms with van der Waals surface area (Å²) in [6.45, 7) is -0.413. The Morgan fingerprint density at radius 1 is 1.45 bits per heavy atom. The molecule has 1 fully saturated rings. The van der Waals surface area contributed by atoms with Crippen molar-refractivity contribution in [2.24, 2.45) is 17.8 Å². The number of esters is 1. The van der Waals surface area contributed by atoms with E-state index in [1.54, 1.807) is 0 Å². The fraction of sp³-hybridized carbons (Fsp3) is 0.462. The lowest BCUT2D eigenvalue weighted by Crippen LogP contribution is -2.26. The topological polar surface area (TPSA) is 111 Å². The van der Waals surface area contributed by atoms with Crippen LogP contribution in [0.4, 0.5) is 10.1 Å². The Labute approximate surface area is 129 Å². The summed E-state index contributed by atoms with van der Waals surface area (Å²) in [4.78, 5) is 37.2. The fourth-order valence-corrected chi connectivity index (χ4v) is 3.51. The van der Waals surface area contributed by atoms with Crippen molar-refractivity contribution in [3.63, 3.8) is 0 Å². The van der Waals surface area contributed by atoms with Crippen LogP contribution in [0, 0.1) is 27.9 Å². The molecule has 1 N–H and O–H groups in total. The summed E-state index contributed by atoms with van der Waals surface area (Å²) >= 11 is 0.747. The highest BCUT2D eigenvalue weighted by Crippen LogP contribution is 2.43. The average Bonchev–Trinajstić information content (AvgIpc) is 3.20. The van der Waals surface area contributed by atoms with Crippen LogP contribution in [0.15, 0.2) is 18.3 Å². The van der Waals surface area contributed by atoms with Crippen LogP contribution >= 0.6 is 11.3 Å². The molecule has 1 aromatic rings. The van der Waals surface area contributed by atoms with Crippen LogP contribution in [-0.2, 0) is 14.3 Å². The van der Waals surface area contributed by atoms with Crippen molar-refractivity contribution in [1.82, 2.24) is 4.98 Å². The number of hydrogen-bond donors (Lipinski definition) is 1. The highest BCUT2D eigenvalue weighted by molar-refractivity contribution is 7.18. The molecule has 8 nitrogen and oxygen atoms in total. The van der Waals surface area contributed by atoms with Crippen LogP contribution in [0.5, 0.6) is 0 Å². The van der Waals surface area contributed by atoms with Gasteiger partial charge in [0.25, 0.3) is 5.91 Å². The minimum atomic E-state index is -0.587. The summed E-state index contributed by atoms with van der Waals surface area (Å²) in [7, 11) is 0. The maximum absolute atomic E-state index is 11.9. The van der Waals surface area contributed by atoms with Crippen molar-refractivity contribution in [1.29, 1.82) is 0 Å². The van der Waals surface area contributed by atoms with E-state index in [-0.39, 0.29) is 27.9 Å². The lowest BCUT2D eigenvalue weighted by atomic mass is 9.94. The standard InChI is InChI=1S/C13H13N3O5S/c17-10(15-13-14-5-11(22-13)16(19)20)6-21-12(18)9-4-7-1-2-8(9)3-7/h1-2,5,7-9H,3-4,6H2,(H,14,15,17). The number of allylic oxidation sites excluding steroid dienone is 2. The van der Waals surface area contributed by atoms with E-state index in [1.165, 1.54) is 0 Å². The predicted molar refractivity (Wildman–Crippen MR) is 77.2 cm³/mol. The van der Waals surface area contributed by atoms with Crippen molar-refractivity contribution in [2.45, 2.75) is 12.8 Å². The van der Waals surface area contributed by atoms with Gasteiger partial charge in [-0.15, -0.1) is 0 Å². The molecular weight excluding hydrogens is 310 g/mol. The zero-order valence-electron chi connectivity index (χ0n) is 11.4. The number of nitro groups is 1. The van der Waals surface area contributed by atoms with Gasteiger partial charge in [-0.2, -0.15) is 0 Å². The second-order valence-corrected chi connectivity index (χ2v) is 6.31. The Balaban J connectivity index is 1.46. The quantitative estimate of drug-likeness (QED) is 0.382. The number of fused-ring (bicyclic) bond motifs is 2. The van der Waals surface area contributed by atoms with Gasteiger partial charge in [-0.3, -0.25) is 25.0 Å². The van der Waals surface area contributed by atoms with E-state index in [0.29, 0.717) is 5.92 Å². The third-order valence-electron chi connectivity index (χ3n) is 3.85. The normalized spacial score (nSPS) is 25.2. The van der Waals surface area contributed by atoms with Crippen LogP contribution in [0.25, 0.3) is 0 Å². The van der Waals surface area contributed by atoms with Crippen LogP contribution < -0.4 is 5.32 Å². The van der Waals surface area contributed by atoms with Crippen LogP contribution in [-0.4, -0.2) is 28.4 Å². The molecule has 2 aliphatic rings. The van der Waals surface area contributed by atoms with E-state index >= 15 is 0 Å². The largest absolute Gasteiger partial charge is 0.455 e. The minimum Gasteiger partial charge on any atom is -0.455 e. The van der Waals surface area contributed by atoms with Crippen molar-refractivity contribution in [2.75, 3.05) is 11.9 Å². The molecule has 2 bridgehead atoms. The molecule has 1 aromatic heterocycles. The number of ether oxygens (including phenoxy) is 1. The van der Waals surface area contributed by atoms with Crippen molar-refractivity contribution in [3.8, 4) is 0 Å². The first kappa shape index (κ1) is 14.6. The Hall–Kier alpha value is -2.29. The van der Waals surface area contributed by atoms with Gasteiger partial charge in [0, 0.05) is 0 Å². The molecule has 3 atom stereocenters. The molecule has 116 valence electrons. The maximum atomic E-state index is 11.9. The third-order valence-corrected chi connectivity index (χ3v) is 4.71. The lowest BCUT2D eigenvalue weighted by Gasteiger charge is -2.16. The molecule has 0 saturated heterocycles. The molecule has 1 heterocycles. The number of anilines is 1. The van der Waals surface area contributed by atoms with Crippen molar-refractivity contribution >= 4 is 33.3 Å². The number of rotatable bonds is 5. The molecule has 0 spiro atoms. The van der Waals surface area contributed by atoms with E-state index in [4.69, 9.17) is 4.74 Å². The van der Waals surface area contributed by atoms with Crippen LogP contribution in [0.3, 0.4) is 0 Å². The van der Waals surface area contributed by atoms with Gasteiger partial charge in [0.15, 0.2) is 11.7 Å².